The van der Waals surface area contributed by atoms with Gasteiger partial charge >= 0.3 is 0 Å². The Kier molecular flexibility index (Phi) is 4.68. The van der Waals surface area contributed by atoms with E-state index in [0.717, 1.165) is 35.3 Å². The van der Waals surface area contributed by atoms with Gasteiger partial charge in [0.2, 0.25) is 17.6 Å². The highest BCUT2D eigenvalue weighted by molar-refractivity contribution is 7.16. The van der Waals surface area contributed by atoms with Crippen molar-refractivity contribution in [1.82, 2.24) is 10.1 Å². The average molecular weight is 405 g/mol. The number of anilines is 2. The van der Waals surface area contributed by atoms with E-state index in [1.54, 1.807) is 12.1 Å². The molecule has 0 saturated carbocycles. The molecule has 2 aromatic heterocycles. The highest BCUT2D eigenvalue weighted by Gasteiger charge is 2.42. The fraction of sp³-hybridized carbons (Fsp3) is 0.238. The topological polar surface area (TPSA) is 118 Å². The summed E-state index contributed by atoms with van der Waals surface area (Å²) in [5.41, 5.74) is 8.40. The molecule has 0 saturated heterocycles. The molecule has 1 amide bonds. The maximum Gasteiger partial charge on any atom is 0.247 e. The summed E-state index contributed by atoms with van der Waals surface area (Å²) >= 11 is 1.47. The zero-order valence-electron chi connectivity index (χ0n) is 15.9. The molecule has 7 nitrogen and oxygen atoms in total. The van der Waals surface area contributed by atoms with Crippen molar-refractivity contribution in [3.63, 3.8) is 0 Å². The number of benzene rings is 1. The fourth-order valence-electron chi connectivity index (χ4n) is 3.77. The first-order chi connectivity index (χ1) is 14.0. The Bertz CT molecular complexity index is 1140. The van der Waals surface area contributed by atoms with Crippen molar-refractivity contribution in [2.24, 2.45) is 0 Å². The molecule has 0 spiro atoms. The lowest BCUT2D eigenvalue weighted by Gasteiger charge is -2.30. The number of carbonyl (C=O) groups is 1. The van der Waals surface area contributed by atoms with Crippen LogP contribution in [0.25, 0.3) is 11.4 Å². The number of nitriles is 1. The lowest BCUT2D eigenvalue weighted by atomic mass is 9.72. The van der Waals surface area contributed by atoms with Crippen molar-refractivity contribution in [2.75, 3.05) is 11.1 Å². The van der Waals surface area contributed by atoms with Crippen molar-refractivity contribution in [2.45, 2.75) is 31.6 Å². The standard InChI is InChI=1S/C21H19N5O2S/c1-3-16(27)24-13-8-6-12(7-9-13)19-25-20(28-26-19)21(2)10-4-5-15-17(21)14(11-22)18(23)29-15/h3,6-9H,1,4-5,10,23H2,2H3,(H,24,27)/t21-/m0/s1. The van der Waals surface area contributed by atoms with Crippen LogP contribution in [0.5, 0.6) is 0 Å². The van der Waals surface area contributed by atoms with E-state index in [4.69, 9.17) is 10.3 Å². The van der Waals surface area contributed by atoms with Gasteiger partial charge in [0.1, 0.15) is 11.1 Å². The number of rotatable bonds is 4. The summed E-state index contributed by atoms with van der Waals surface area (Å²) in [5.74, 6) is 0.660. The molecule has 2 heterocycles. The Morgan fingerprint density at radius 1 is 1.45 bits per heavy atom. The van der Waals surface area contributed by atoms with Crippen LogP contribution in [0.1, 0.15) is 41.7 Å². The van der Waals surface area contributed by atoms with E-state index in [-0.39, 0.29) is 5.91 Å². The molecule has 8 heteroatoms. The van der Waals surface area contributed by atoms with Crippen molar-refractivity contribution < 1.29 is 9.32 Å². The van der Waals surface area contributed by atoms with Crippen LogP contribution in [-0.4, -0.2) is 16.0 Å². The molecule has 3 aromatic rings. The number of nitrogens with two attached hydrogens (primary N) is 1. The molecular formula is C21H19N5O2S. The highest BCUT2D eigenvalue weighted by atomic mass is 32.1. The molecule has 29 heavy (non-hydrogen) atoms. The molecule has 0 fully saturated rings. The van der Waals surface area contributed by atoms with E-state index in [0.29, 0.717) is 28.0 Å². The lowest BCUT2D eigenvalue weighted by molar-refractivity contribution is -0.111. The Hall–Kier alpha value is -3.44. The largest absolute Gasteiger partial charge is 0.389 e. The van der Waals surface area contributed by atoms with Crippen molar-refractivity contribution >= 4 is 27.9 Å². The van der Waals surface area contributed by atoms with Crippen molar-refractivity contribution in [3.8, 4) is 17.5 Å². The molecule has 4 rings (SSSR count). The van der Waals surface area contributed by atoms with E-state index in [9.17, 15) is 10.1 Å². The minimum absolute atomic E-state index is 0.274. The van der Waals surface area contributed by atoms with Crippen LogP contribution in [0.3, 0.4) is 0 Å². The number of thiophene rings is 1. The molecule has 0 radical (unpaired) electrons. The van der Waals surface area contributed by atoms with Gasteiger partial charge in [0.25, 0.3) is 0 Å². The number of nitrogens with one attached hydrogen (secondary N) is 1. The van der Waals surface area contributed by atoms with Crippen LogP contribution < -0.4 is 11.1 Å². The molecule has 0 bridgehead atoms. The van der Waals surface area contributed by atoms with Crippen LogP contribution in [0.2, 0.25) is 0 Å². The number of fused-ring (bicyclic) bond motifs is 1. The maximum absolute atomic E-state index is 11.4. The fourth-order valence-corrected chi connectivity index (χ4v) is 4.96. The molecule has 1 atom stereocenters. The molecule has 1 aromatic carbocycles. The third kappa shape index (κ3) is 3.19. The minimum atomic E-state index is -0.546. The van der Waals surface area contributed by atoms with E-state index in [2.05, 4.69) is 28.1 Å². The first-order valence-electron chi connectivity index (χ1n) is 9.16. The van der Waals surface area contributed by atoms with Crippen LogP contribution in [-0.2, 0) is 16.6 Å². The molecular weight excluding hydrogens is 386 g/mol. The smallest absolute Gasteiger partial charge is 0.247 e. The number of nitrogen functional groups attached to an aromatic ring is 1. The normalized spacial score (nSPS) is 17.9. The van der Waals surface area contributed by atoms with Crippen molar-refractivity contribution in [3.05, 3.63) is 58.8 Å². The summed E-state index contributed by atoms with van der Waals surface area (Å²) in [6, 6.07) is 9.40. The second kappa shape index (κ2) is 7.18. The minimum Gasteiger partial charge on any atom is -0.389 e. The van der Waals surface area contributed by atoms with Gasteiger partial charge in [-0.25, -0.2) is 0 Å². The van der Waals surface area contributed by atoms with Gasteiger partial charge in [0.05, 0.1) is 11.0 Å². The van der Waals surface area contributed by atoms with Gasteiger partial charge in [-0.15, -0.1) is 11.3 Å². The van der Waals surface area contributed by atoms with Gasteiger partial charge in [0, 0.05) is 21.7 Å². The van der Waals surface area contributed by atoms with Gasteiger partial charge in [-0.1, -0.05) is 11.7 Å². The maximum atomic E-state index is 11.4. The van der Waals surface area contributed by atoms with Gasteiger partial charge in [0.15, 0.2) is 0 Å². The third-order valence-electron chi connectivity index (χ3n) is 5.25. The molecule has 1 aliphatic carbocycles. The molecule has 146 valence electrons. The zero-order chi connectivity index (χ0) is 20.6. The number of hydrogen-bond acceptors (Lipinski definition) is 7. The van der Waals surface area contributed by atoms with E-state index in [1.165, 1.54) is 17.4 Å². The Morgan fingerprint density at radius 2 is 2.21 bits per heavy atom. The average Bonchev–Trinajstić information content (AvgIpc) is 3.34. The Labute approximate surface area is 171 Å². The monoisotopic (exact) mass is 405 g/mol. The highest BCUT2D eigenvalue weighted by Crippen LogP contribution is 2.48. The second-order valence-corrected chi connectivity index (χ2v) is 8.27. The lowest BCUT2D eigenvalue weighted by Crippen LogP contribution is -2.29. The quantitative estimate of drug-likeness (QED) is 0.633. The number of carbonyl (C=O) groups excluding carboxylic acids is 1. The first-order valence-corrected chi connectivity index (χ1v) is 9.97. The predicted molar refractivity (Wildman–Crippen MR) is 111 cm³/mol. The number of aromatic nitrogens is 2. The van der Waals surface area contributed by atoms with E-state index < -0.39 is 5.41 Å². The number of aryl methyl sites for hydroxylation is 1. The Balaban J connectivity index is 1.68. The van der Waals surface area contributed by atoms with Crippen LogP contribution in [0, 0.1) is 11.3 Å². The van der Waals surface area contributed by atoms with E-state index in [1.807, 2.05) is 19.1 Å². The molecule has 0 unspecified atom stereocenters. The molecule has 0 aliphatic heterocycles. The summed E-state index contributed by atoms with van der Waals surface area (Å²) in [6.07, 6.45) is 3.88. The summed E-state index contributed by atoms with van der Waals surface area (Å²) in [4.78, 5) is 17.2. The summed E-state index contributed by atoms with van der Waals surface area (Å²) in [6.45, 7) is 5.46. The van der Waals surface area contributed by atoms with Gasteiger partial charge < -0.3 is 15.6 Å². The van der Waals surface area contributed by atoms with E-state index >= 15 is 0 Å². The summed E-state index contributed by atoms with van der Waals surface area (Å²) in [7, 11) is 0. The Morgan fingerprint density at radius 3 is 2.90 bits per heavy atom. The summed E-state index contributed by atoms with van der Waals surface area (Å²) < 4.78 is 5.65. The SMILES string of the molecule is C=CC(=O)Nc1ccc(-c2noc([C@@]3(C)CCCc4sc(N)c(C#N)c43)n2)cc1. The zero-order valence-corrected chi connectivity index (χ0v) is 16.7. The molecule has 1 aliphatic rings. The van der Waals surface area contributed by atoms with Gasteiger partial charge in [-0.3, -0.25) is 4.79 Å². The second-order valence-electron chi connectivity index (χ2n) is 7.13. The van der Waals surface area contributed by atoms with Crippen molar-refractivity contribution in [1.29, 1.82) is 5.26 Å². The van der Waals surface area contributed by atoms with Gasteiger partial charge in [-0.05, 0) is 56.5 Å². The number of hydrogen-bond donors (Lipinski definition) is 2. The van der Waals surface area contributed by atoms with Gasteiger partial charge in [-0.2, -0.15) is 10.2 Å². The summed E-state index contributed by atoms with van der Waals surface area (Å²) in [5, 5.41) is 17.0. The van der Waals surface area contributed by atoms with Crippen LogP contribution >= 0.6 is 11.3 Å². The van der Waals surface area contributed by atoms with Crippen LogP contribution in [0.15, 0.2) is 41.4 Å². The number of nitrogens with zero attached hydrogens (tertiary/aromatic N) is 3. The third-order valence-corrected chi connectivity index (χ3v) is 6.33. The number of amides is 1. The van der Waals surface area contributed by atoms with Crippen LogP contribution in [0.4, 0.5) is 10.7 Å². The first kappa shape index (κ1) is 18.9. The predicted octanol–water partition coefficient (Wildman–Crippen LogP) is 4.02. The molecule has 3 N–H and O–H groups in total.